The van der Waals surface area contributed by atoms with E-state index < -0.39 is 0 Å². The minimum atomic E-state index is -0.240. The Morgan fingerprint density at radius 2 is 1.70 bits per heavy atom. The van der Waals surface area contributed by atoms with Gasteiger partial charge in [-0.15, -0.1) is 0 Å². The maximum Gasteiger partial charge on any atom is 0.123 e. The quantitative estimate of drug-likeness (QED) is 0.693. The van der Waals surface area contributed by atoms with Crippen LogP contribution in [0.2, 0.25) is 0 Å². The van der Waals surface area contributed by atoms with Gasteiger partial charge in [0.1, 0.15) is 5.82 Å². The number of nitrogens with zero attached hydrogens (tertiary/aromatic N) is 6. The minimum Gasteiger partial charge on any atom is -0.329 e. The third-order valence-electron chi connectivity index (χ3n) is 5.19. The van der Waals surface area contributed by atoms with E-state index in [1.165, 1.54) is 12.1 Å². The Kier molecular flexibility index (Phi) is 5.05. The predicted octanol–water partition coefficient (Wildman–Crippen LogP) is 2.34. The van der Waals surface area contributed by atoms with Crippen LogP contribution in [0.3, 0.4) is 0 Å². The van der Waals surface area contributed by atoms with Crippen molar-refractivity contribution in [1.82, 2.24) is 29.1 Å². The maximum absolute atomic E-state index is 13.3. The van der Waals surface area contributed by atoms with Crippen LogP contribution < -0.4 is 0 Å². The molecule has 0 radical (unpaired) electrons. The van der Waals surface area contributed by atoms with E-state index in [-0.39, 0.29) is 5.82 Å². The molecule has 0 aliphatic carbocycles. The second-order valence-electron chi connectivity index (χ2n) is 7.19. The summed E-state index contributed by atoms with van der Waals surface area (Å²) in [4.78, 5) is 9.51. The highest BCUT2D eigenvalue weighted by Crippen LogP contribution is 2.31. The summed E-state index contributed by atoms with van der Waals surface area (Å²) in [6, 6.07) is 6.52. The first-order chi connectivity index (χ1) is 13.1. The number of hydrogen-bond acceptors (Lipinski definition) is 4. The standard InChI is InChI=1S/C20H25FN6/c1-24-7-9-26(10-8-24)11-12-27-15-22-19(16-3-5-18(21)6-4-16)20(27)17-13-23-25(2)14-17/h3-6,13-15H,7-12H2,1-2H3. The molecule has 4 rings (SSSR count). The van der Waals surface area contributed by atoms with Gasteiger partial charge >= 0.3 is 0 Å². The normalized spacial score (nSPS) is 16.1. The van der Waals surface area contributed by atoms with Gasteiger partial charge in [0.15, 0.2) is 0 Å². The average Bonchev–Trinajstić information content (AvgIpc) is 3.28. The molecule has 1 fully saturated rings. The van der Waals surface area contributed by atoms with Crippen molar-refractivity contribution in [1.29, 1.82) is 0 Å². The Morgan fingerprint density at radius 3 is 2.37 bits per heavy atom. The molecule has 0 unspecified atom stereocenters. The lowest BCUT2D eigenvalue weighted by Gasteiger charge is -2.32. The first-order valence-corrected chi connectivity index (χ1v) is 9.31. The SMILES string of the molecule is CN1CCN(CCn2cnc(-c3ccc(F)cc3)c2-c2cnn(C)c2)CC1. The molecule has 3 aromatic rings. The van der Waals surface area contributed by atoms with Crippen molar-refractivity contribution >= 4 is 0 Å². The summed E-state index contributed by atoms with van der Waals surface area (Å²) >= 11 is 0. The van der Waals surface area contributed by atoms with E-state index in [1.54, 1.807) is 16.8 Å². The van der Waals surface area contributed by atoms with Crippen molar-refractivity contribution < 1.29 is 4.39 Å². The van der Waals surface area contributed by atoms with Crippen LogP contribution >= 0.6 is 0 Å². The van der Waals surface area contributed by atoms with Gasteiger partial charge in [0, 0.05) is 63.6 Å². The van der Waals surface area contributed by atoms with Gasteiger partial charge in [0.05, 0.1) is 23.9 Å². The van der Waals surface area contributed by atoms with Gasteiger partial charge in [-0.3, -0.25) is 9.58 Å². The van der Waals surface area contributed by atoms with E-state index in [2.05, 4.69) is 31.5 Å². The van der Waals surface area contributed by atoms with E-state index in [0.717, 1.165) is 61.8 Å². The Hall–Kier alpha value is -2.51. The highest BCUT2D eigenvalue weighted by atomic mass is 19.1. The smallest absolute Gasteiger partial charge is 0.123 e. The Labute approximate surface area is 158 Å². The van der Waals surface area contributed by atoms with Crippen LogP contribution in [0.15, 0.2) is 43.0 Å². The highest BCUT2D eigenvalue weighted by Gasteiger charge is 2.18. The molecular weight excluding hydrogens is 343 g/mol. The van der Waals surface area contributed by atoms with E-state index in [9.17, 15) is 4.39 Å². The van der Waals surface area contributed by atoms with Crippen molar-refractivity contribution in [2.75, 3.05) is 39.8 Å². The third-order valence-corrected chi connectivity index (χ3v) is 5.19. The molecule has 3 heterocycles. The van der Waals surface area contributed by atoms with Crippen LogP contribution in [-0.2, 0) is 13.6 Å². The van der Waals surface area contributed by atoms with E-state index in [4.69, 9.17) is 0 Å². The molecule has 0 bridgehead atoms. The number of piperazine rings is 1. The molecule has 0 amide bonds. The molecule has 27 heavy (non-hydrogen) atoms. The molecule has 1 aliphatic heterocycles. The van der Waals surface area contributed by atoms with Crippen molar-refractivity contribution in [3.8, 4) is 22.5 Å². The molecule has 6 nitrogen and oxygen atoms in total. The Balaban J connectivity index is 1.62. The summed E-state index contributed by atoms with van der Waals surface area (Å²) in [5.41, 5.74) is 3.83. The van der Waals surface area contributed by atoms with Gasteiger partial charge in [-0.1, -0.05) is 0 Å². The summed E-state index contributed by atoms with van der Waals surface area (Å²) in [6.07, 6.45) is 5.74. The van der Waals surface area contributed by atoms with Gasteiger partial charge < -0.3 is 9.47 Å². The highest BCUT2D eigenvalue weighted by molar-refractivity contribution is 5.78. The van der Waals surface area contributed by atoms with Crippen molar-refractivity contribution in [3.63, 3.8) is 0 Å². The zero-order chi connectivity index (χ0) is 18.8. The molecular formula is C20H25FN6. The fourth-order valence-corrected chi connectivity index (χ4v) is 3.54. The van der Waals surface area contributed by atoms with Crippen LogP contribution in [0.4, 0.5) is 4.39 Å². The number of rotatable bonds is 5. The number of benzene rings is 1. The largest absolute Gasteiger partial charge is 0.329 e. The van der Waals surface area contributed by atoms with Crippen LogP contribution in [0.25, 0.3) is 22.5 Å². The van der Waals surface area contributed by atoms with Gasteiger partial charge in [0.25, 0.3) is 0 Å². The number of aryl methyl sites for hydroxylation is 1. The van der Waals surface area contributed by atoms with Crippen LogP contribution in [0.1, 0.15) is 0 Å². The van der Waals surface area contributed by atoms with Gasteiger partial charge in [-0.2, -0.15) is 5.10 Å². The zero-order valence-electron chi connectivity index (χ0n) is 15.8. The average molecular weight is 368 g/mol. The van der Waals surface area contributed by atoms with Crippen LogP contribution in [-0.4, -0.2) is 68.9 Å². The monoisotopic (exact) mass is 368 g/mol. The van der Waals surface area contributed by atoms with E-state index in [0.29, 0.717) is 0 Å². The molecule has 1 saturated heterocycles. The number of imidazole rings is 1. The summed E-state index contributed by atoms with van der Waals surface area (Å²) in [6.45, 7) is 6.26. The second-order valence-corrected chi connectivity index (χ2v) is 7.19. The summed E-state index contributed by atoms with van der Waals surface area (Å²) in [7, 11) is 4.08. The van der Waals surface area contributed by atoms with Crippen LogP contribution in [0, 0.1) is 5.82 Å². The fraction of sp³-hybridized carbons (Fsp3) is 0.400. The summed E-state index contributed by atoms with van der Waals surface area (Å²) in [5, 5.41) is 4.32. The topological polar surface area (TPSA) is 42.1 Å². The molecule has 1 aliphatic rings. The maximum atomic E-state index is 13.3. The Morgan fingerprint density at radius 1 is 0.963 bits per heavy atom. The summed E-state index contributed by atoms with van der Waals surface area (Å²) < 4.78 is 17.3. The minimum absolute atomic E-state index is 0.240. The molecule has 0 spiro atoms. The van der Waals surface area contributed by atoms with Crippen molar-refractivity contribution in [3.05, 3.63) is 48.8 Å². The van der Waals surface area contributed by atoms with Crippen LogP contribution in [0.5, 0.6) is 0 Å². The number of hydrogen-bond donors (Lipinski definition) is 0. The lowest BCUT2D eigenvalue weighted by Crippen LogP contribution is -2.45. The first kappa shape index (κ1) is 17.9. The molecule has 0 atom stereocenters. The van der Waals surface area contributed by atoms with E-state index >= 15 is 0 Å². The molecule has 142 valence electrons. The Bertz CT molecular complexity index is 890. The van der Waals surface area contributed by atoms with Crippen molar-refractivity contribution in [2.24, 2.45) is 7.05 Å². The lowest BCUT2D eigenvalue weighted by atomic mass is 10.1. The van der Waals surface area contributed by atoms with E-state index in [1.807, 2.05) is 25.8 Å². The molecule has 7 heteroatoms. The lowest BCUT2D eigenvalue weighted by molar-refractivity contribution is 0.150. The molecule has 1 aromatic carbocycles. The number of halogens is 1. The fourth-order valence-electron chi connectivity index (χ4n) is 3.54. The van der Waals surface area contributed by atoms with Gasteiger partial charge in [-0.05, 0) is 31.3 Å². The molecule has 2 aromatic heterocycles. The first-order valence-electron chi connectivity index (χ1n) is 9.31. The molecule has 0 N–H and O–H groups in total. The third kappa shape index (κ3) is 3.94. The van der Waals surface area contributed by atoms with Gasteiger partial charge in [0.2, 0.25) is 0 Å². The summed E-state index contributed by atoms with van der Waals surface area (Å²) in [5.74, 6) is -0.240. The number of aromatic nitrogens is 4. The molecule has 0 saturated carbocycles. The predicted molar refractivity (Wildman–Crippen MR) is 104 cm³/mol. The van der Waals surface area contributed by atoms with Crippen molar-refractivity contribution in [2.45, 2.75) is 6.54 Å². The second kappa shape index (κ2) is 7.62. The van der Waals surface area contributed by atoms with Gasteiger partial charge in [-0.25, -0.2) is 9.37 Å². The number of likely N-dealkylation sites (N-methyl/N-ethyl adjacent to an activating group) is 1. The zero-order valence-corrected chi connectivity index (χ0v) is 15.8.